The highest BCUT2D eigenvalue weighted by atomic mass is 32.2. The summed E-state index contributed by atoms with van der Waals surface area (Å²) in [6.07, 6.45) is 3.93. The Balaban J connectivity index is 2.02. The van der Waals surface area contributed by atoms with Gasteiger partial charge in [0.05, 0.1) is 11.5 Å². The molecule has 1 aromatic heterocycles. The average molecular weight is 284 g/mol. The predicted molar refractivity (Wildman–Crippen MR) is 75.7 cm³/mol. The molecule has 1 fully saturated rings. The summed E-state index contributed by atoms with van der Waals surface area (Å²) in [5, 5.41) is 3.22. The first kappa shape index (κ1) is 14.0. The minimum Gasteiger partial charge on any atom is -0.383 e. The highest BCUT2D eigenvalue weighted by molar-refractivity contribution is 7.91. The van der Waals surface area contributed by atoms with Crippen LogP contribution >= 0.6 is 0 Å². The van der Waals surface area contributed by atoms with Gasteiger partial charge in [0.1, 0.15) is 18.0 Å². The molecule has 1 saturated heterocycles. The van der Waals surface area contributed by atoms with Gasteiger partial charge in [-0.1, -0.05) is 13.3 Å². The van der Waals surface area contributed by atoms with Gasteiger partial charge in [-0.15, -0.1) is 0 Å². The van der Waals surface area contributed by atoms with Crippen molar-refractivity contribution in [2.24, 2.45) is 5.92 Å². The molecular formula is C12H20N4O2S. The van der Waals surface area contributed by atoms with E-state index in [2.05, 4.69) is 22.2 Å². The fraction of sp³-hybridized carbons (Fsp3) is 0.667. The van der Waals surface area contributed by atoms with Crippen molar-refractivity contribution in [3.8, 4) is 0 Å². The van der Waals surface area contributed by atoms with E-state index >= 15 is 0 Å². The Bertz CT molecular complexity index is 545. The first-order chi connectivity index (χ1) is 9.02. The second kappa shape index (κ2) is 5.73. The van der Waals surface area contributed by atoms with Crippen molar-refractivity contribution in [2.45, 2.75) is 26.2 Å². The number of nitrogens with two attached hydrogens (primary N) is 1. The van der Waals surface area contributed by atoms with Gasteiger partial charge in [0, 0.05) is 12.1 Å². The van der Waals surface area contributed by atoms with Gasteiger partial charge in [-0.2, -0.15) is 0 Å². The number of nitrogens with one attached hydrogen (secondary N) is 1. The maximum atomic E-state index is 11.4. The standard InChI is InChI=1S/C12H20N4O2S/c1-2-3-10-11(13)15-8-16-12(10)14-6-9-4-5-19(17,18)7-9/h8-9H,2-7H2,1H3,(H3,13,14,15,16). The van der Waals surface area contributed by atoms with E-state index < -0.39 is 9.84 Å². The van der Waals surface area contributed by atoms with Gasteiger partial charge in [0.2, 0.25) is 0 Å². The number of rotatable bonds is 5. The van der Waals surface area contributed by atoms with Crippen LogP contribution in [0, 0.1) is 5.92 Å². The molecule has 1 aromatic rings. The summed E-state index contributed by atoms with van der Waals surface area (Å²) in [4.78, 5) is 8.20. The maximum absolute atomic E-state index is 11.4. The lowest BCUT2D eigenvalue weighted by molar-refractivity contribution is 0.595. The van der Waals surface area contributed by atoms with E-state index in [1.165, 1.54) is 6.33 Å². The molecule has 1 atom stereocenters. The van der Waals surface area contributed by atoms with Crippen molar-refractivity contribution >= 4 is 21.5 Å². The van der Waals surface area contributed by atoms with Crippen LogP contribution in [0.15, 0.2) is 6.33 Å². The van der Waals surface area contributed by atoms with Gasteiger partial charge in [0.15, 0.2) is 9.84 Å². The van der Waals surface area contributed by atoms with Gasteiger partial charge in [-0.25, -0.2) is 18.4 Å². The van der Waals surface area contributed by atoms with E-state index in [1.807, 2.05) is 0 Å². The third kappa shape index (κ3) is 3.56. The Morgan fingerprint density at radius 3 is 2.89 bits per heavy atom. The van der Waals surface area contributed by atoms with E-state index in [1.54, 1.807) is 0 Å². The third-order valence-corrected chi connectivity index (χ3v) is 5.20. The molecule has 1 aliphatic rings. The molecule has 0 saturated carbocycles. The molecule has 2 heterocycles. The number of sulfone groups is 1. The van der Waals surface area contributed by atoms with Crippen molar-refractivity contribution in [1.29, 1.82) is 0 Å². The average Bonchev–Trinajstić information content (AvgIpc) is 2.70. The zero-order valence-electron chi connectivity index (χ0n) is 11.1. The summed E-state index contributed by atoms with van der Waals surface area (Å²) >= 11 is 0. The number of nitrogen functional groups attached to an aromatic ring is 1. The Morgan fingerprint density at radius 2 is 2.26 bits per heavy atom. The number of hydrogen-bond donors (Lipinski definition) is 2. The summed E-state index contributed by atoms with van der Waals surface area (Å²) in [7, 11) is -2.83. The van der Waals surface area contributed by atoms with Gasteiger partial charge < -0.3 is 11.1 Å². The molecule has 0 radical (unpaired) electrons. The lowest BCUT2D eigenvalue weighted by Crippen LogP contribution is -2.18. The molecule has 0 spiro atoms. The molecule has 3 N–H and O–H groups in total. The van der Waals surface area contributed by atoms with Crippen LogP contribution in [-0.4, -0.2) is 36.4 Å². The molecule has 19 heavy (non-hydrogen) atoms. The Morgan fingerprint density at radius 1 is 1.47 bits per heavy atom. The van der Waals surface area contributed by atoms with E-state index in [0.717, 1.165) is 30.6 Å². The SMILES string of the molecule is CCCc1c(N)ncnc1NCC1CCS(=O)(=O)C1. The fourth-order valence-electron chi connectivity index (χ4n) is 2.35. The molecule has 2 rings (SSSR count). The fourth-order valence-corrected chi connectivity index (χ4v) is 4.21. The second-order valence-corrected chi connectivity index (χ2v) is 7.21. The van der Waals surface area contributed by atoms with Crippen LogP contribution in [0.2, 0.25) is 0 Å². The molecule has 6 nitrogen and oxygen atoms in total. The highest BCUT2D eigenvalue weighted by Crippen LogP contribution is 2.22. The third-order valence-electron chi connectivity index (χ3n) is 3.36. The lowest BCUT2D eigenvalue weighted by atomic mass is 10.1. The minimum absolute atomic E-state index is 0.163. The van der Waals surface area contributed by atoms with Crippen molar-refractivity contribution in [3.05, 3.63) is 11.9 Å². The van der Waals surface area contributed by atoms with Crippen molar-refractivity contribution < 1.29 is 8.42 Å². The van der Waals surface area contributed by atoms with Gasteiger partial charge >= 0.3 is 0 Å². The summed E-state index contributed by atoms with van der Waals surface area (Å²) in [5.41, 5.74) is 6.77. The zero-order chi connectivity index (χ0) is 13.9. The molecule has 1 aliphatic heterocycles. The van der Waals surface area contributed by atoms with E-state index in [0.29, 0.717) is 18.1 Å². The van der Waals surface area contributed by atoms with Crippen LogP contribution in [0.1, 0.15) is 25.3 Å². The minimum atomic E-state index is -2.83. The van der Waals surface area contributed by atoms with Crippen LogP contribution in [0.5, 0.6) is 0 Å². The van der Waals surface area contributed by atoms with E-state index in [4.69, 9.17) is 5.73 Å². The molecule has 0 aliphatic carbocycles. The monoisotopic (exact) mass is 284 g/mol. The lowest BCUT2D eigenvalue weighted by Gasteiger charge is -2.14. The van der Waals surface area contributed by atoms with Crippen LogP contribution in [0.4, 0.5) is 11.6 Å². The molecule has 0 bridgehead atoms. The van der Waals surface area contributed by atoms with Crippen LogP contribution in [0.25, 0.3) is 0 Å². The Labute approximate surface area is 113 Å². The number of nitrogens with zero attached hydrogens (tertiary/aromatic N) is 2. The van der Waals surface area contributed by atoms with Crippen molar-refractivity contribution in [2.75, 3.05) is 29.1 Å². The van der Waals surface area contributed by atoms with E-state index in [-0.39, 0.29) is 11.7 Å². The molecule has 0 amide bonds. The number of hydrogen-bond acceptors (Lipinski definition) is 6. The molecule has 106 valence electrons. The zero-order valence-corrected chi connectivity index (χ0v) is 11.9. The van der Waals surface area contributed by atoms with Crippen molar-refractivity contribution in [3.63, 3.8) is 0 Å². The Hall–Kier alpha value is -1.37. The topological polar surface area (TPSA) is 98.0 Å². The van der Waals surface area contributed by atoms with Gasteiger partial charge in [-0.3, -0.25) is 0 Å². The number of aromatic nitrogens is 2. The molecule has 1 unspecified atom stereocenters. The van der Waals surface area contributed by atoms with Gasteiger partial charge in [-0.05, 0) is 18.8 Å². The highest BCUT2D eigenvalue weighted by Gasteiger charge is 2.27. The van der Waals surface area contributed by atoms with Crippen LogP contribution in [-0.2, 0) is 16.3 Å². The number of anilines is 2. The summed E-state index contributed by atoms with van der Waals surface area (Å²) < 4.78 is 22.8. The van der Waals surface area contributed by atoms with Crippen LogP contribution in [0.3, 0.4) is 0 Å². The normalized spacial score (nSPS) is 21.4. The predicted octanol–water partition coefficient (Wildman–Crippen LogP) is 0.858. The van der Waals surface area contributed by atoms with Gasteiger partial charge in [0.25, 0.3) is 0 Å². The second-order valence-electron chi connectivity index (χ2n) is 4.99. The molecule has 7 heteroatoms. The summed E-state index contributed by atoms with van der Waals surface area (Å²) in [5.74, 6) is 1.96. The first-order valence-electron chi connectivity index (χ1n) is 6.55. The summed E-state index contributed by atoms with van der Waals surface area (Å²) in [6.45, 7) is 2.69. The molecule has 0 aromatic carbocycles. The maximum Gasteiger partial charge on any atom is 0.150 e. The first-order valence-corrected chi connectivity index (χ1v) is 8.37. The van der Waals surface area contributed by atoms with Crippen LogP contribution < -0.4 is 11.1 Å². The smallest absolute Gasteiger partial charge is 0.150 e. The molecular weight excluding hydrogens is 264 g/mol. The largest absolute Gasteiger partial charge is 0.383 e. The quantitative estimate of drug-likeness (QED) is 0.832. The summed E-state index contributed by atoms with van der Waals surface area (Å²) in [6, 6.07) is 0. The van der Waals surface area contributed by atoms with E-state index in [9.17, 15) is 8.42 Å². The Kier molecular flexibility index (Phi) is 4.24. The van der Waals surface area contributed by atoms with Crippen molar-refractivity contribution in [1.82, 2.24) is 9.97 Å².